The maximum Gasteiger partial charge on any atom is 0.295 e. The third-order valence-electron chi connectivity index (χ3n) is 5.74. The minimum atomic E-state index is -5.33. The highest BCUT2D eigenvalue weighted by Crippen LogP contribution is 2.37. The SMILES string of the molecule is Nc1cccc(C(=O)Nc2cc(C(=O)Nc3ccc(S(=O)(=O)O)c4cc(S(=O)(=O)O)cc(S(=O)(=O)O)c34)ccc2Cl)c1. The van der Waals surface area contributed by atoms with Gasteiger partial charge in [-0.25, -0.2) is 0 Å². The highest BCUT2D eigenvalue weighted by atomic mass is 35.5. The predicted octanol–water partition coefficient (Wildman–Crippen LogP) is 3.32. The molecule has 0 radical (unpaired) electrons. The van der Waals surface area contributed by atoms with Gasteiger partial charge in [-0.05, 0) is 60.7 Å². The first kappa shape index (κ1) is 30.8. The molecule has 0 fully saturated rings. The first-order valence-electron chi connectivity index (χ1n) is 11.2. The van der Waals surface area contributed by atoms with Crippen molar-refractivity contribution < 1.29 is 48.5 Å². The summed E-state index contributed by atoms with van der Waals surface area (Å²) in [6, 6.07) is 12.2. The van der Waals surface area contributed by atoms with Gasteiger partial charge < -0.3 is 16.4 Å². The Labute approximate surface area is 243 Å². The van der Waals surface area contributed by atoms with Crippen molar-refractivity contribution in [2.24, 2.45) is 0 Å². The number of fused-ring (bicyclic) bond motifs is 1. The summed E-state index contributed by atoms with van der Waals surface area (Å²) in [6.45, 7) is 0. The quantitative estimate of drug-likeness (QED) is 0.124. The Kier molecular flexibility index (Phi) is 8.04. The molecule has 0 aromatic heterocycles. The molecule has 4 aromatic carbocycles. The molecule has 14 nitrogen and oxygen atoms in total. The Bertz CT molecular complexity index is 2130. The number of carbonyl (C=O) groups excluding carboxylic acids is 2. The van der Waals surface area contributed by atoms with Gasteiger partial charge in [-0.2, -0.15) is 25.3 Å². The predicted molar refractivity (Wildman–Crippen MR) is 152 cm³/mol. The van der Waals surface area contributed by atoms with Crippen molar-refractivity contribution in [2.75, 3.05) is 16.4 Å². The van der Waals surface area contributed by atoms with Crippen molar-refractivity contribution >= 4 is 81.6 Å². The number of nitrogens with two attached hydrogens (primary N) is 1. The van der Waals surface area contributed by atoms with E-state index in [-0.39, 0.29) is 21.8 Å². The lowest BCUT2D eigenvalue weighted by Crippen LogP contribution is -2.16. The second-order valence-corrected chi connectivity index (χ2v) is 13.2. The van der Waals surface area contributed by atoms with E-state index in [2.05, 4.69) is 10.6 Å². The normalized spacial score (nSPS) is 12.2. The summed E-state index contributed by atoms with van der Waals surface area (Å²) in [7, 11) is -15.6. The molecular formula is C24H18ClN3O11S3. The number of hydrogen-bond donors (Lipinski definition) is 6. The smallest absolute Gasteiger partial charge is 0.295 e. The fourth-order valence-electron chi connectivity index (χ4n) is 3.91. The fraction of sp³-hybridized carbons (Fsp3) is 0. The van der Waals surface area contributed by atoms with E-state index in [1.54, 1.807) is 12.1 Å². The first-order chi connectivity index (χ1) is 19.4. The molecule has 0 aliphatic heterocycles. The third-order valence-corrected chi connectivity index (χ3v) is 8.69. The van der Waals surface area contributed by atoms with E-state index in [1.165, 1.54) is 30.3 Å². The Hall–Kier alpha value is -4.10. The van der Waals surface area contributed by atoms with E-state index in [0.717, 1.165) is 12.1 Å². The van der Waals surface area contributed by atoms with Crippen molar-refractivity contribution in [1.82, 2.24) is 0 Å². The molecule has 0 unspecified atom stereocenters. The molecule has 0 saturated heterocycles. The first-order valence-corrected chi connectivity index (χ1v) is 15.9. The van der Waals surface area contributed by atoms with Crippen LogP contribution in [-0.4, -0.2) is 50.7 Å². The molecule has 0 saturated carbocycles. The largest absolute Gasteiger partial charge is 0.399 e. The molecule has 0 spiro atoms. The lowest BCUT2D eigenvalue weighted by molar-refractivity contribution is 0.101. The van der Waals surface area contributed by atoms with Gasteiger partial charge in [0.15, 0.2) is 0 Å². The van der Waals surface area contributed by atoms with Gasteiger partial charge in [0, 0.05) is 27.6 Å². The van der Waals surface area contributed by atoms with Gasteiger partial charge in [0.05, 0.1) is 21.3 Å². The Morgan fingerprint density at radius 1 is 0.667 bits per heavy atom. The zero-order chi connectivity index (χ0) is 31.2. The maximum absolute atomic E-state index is 13.2. The maximum atomic E-state index is 13.2. The van der Waals surface area contributed by atoms with Gasteiger partial charge in [-0.15, -0.1) is 0 Å². The molecule has 18 heteroatoms. The van der Waals surface area contributed by atoms with Crippen molar-refractivity contribution in [1.29, 1.82) is 0 Å². The fourth-order valence-corrected chi connectivity index (χ4v) is 6.11. The van der Waals surface area contributed by atoms with Crippen LogP contribution in [-0.2, 0) is 30.4 Å². The molecule has 0 atom stereocenters. The molecule has 0 aliphatic carbocycles. The van der Waals surface area contributed by atoms with Crippen LogP contribution in [0.1, 0.15) is 20.7 Å². The van der Waals surface area contributed by atoms with Crippen LogP contribution in [0.15, 0.2) is 81.4 Å². The summed E-state index contributed by atoms with van der Waals surface area (Å²) >= 11 is 6.17. The van der Waals surface area contributed by atoms with Gasteiger partial charge in [0.2, 0.25) is 0 Å². The minimum Gasteiger partial charge on any atom is -0.399 e. The number of amides is 2. The van der Waals surface area contributed by atoms with E-state index in [0.29, 0.717) is 17.8 Å². The summed E-state index contributed by atoms with van der Waals surface area (Å²) in [4.78, 5) is 22.5. The van der Waals surface area contributed by atoms with Crippen LogP contribution in [0.5, 0.6) is 0 Å². The number of nitrogens with one attached hydrogen (secondary N) is 2. The van der Waals surface area contributed by atoms with Crippen LogP contribution in [0.3, 0.4) is 0 Å². The number of carbonyl (C=O) groups is 2. The van der Waals surface area contributed by atoms with Gasteiger partial charge in [-0.3, -0.25) is 23.2 Å². The summed E-state index contributed by atoms with van der Waals surface area (Å²) in [5.74, 6) is -1.56. The zero-order valence-corrected chi connectivity index (χ0v) is 23.8. The van der Waals surface area contributed by atoms with Crippen molar-refractivity contribution in [3.8, 4) is 0 Å². The van der Waals surface area contributed by atoms with Crippen molar-refractivity contribution in [3.63, 3.8) is 0 Å². The molecule has 220 valence electrons. The second-order valence-electron chi connectivity index (χ2n) is 8.61. The van der Waals surface area contributed by atoms with E-state index >= 15 is 0 Å². The third kappa shape index (κ3) is 6.52. The Morgan fingerprint density at radius 3 is 1.83 bits per heavy atom. The zero-order valence-electron chi connectivity index (χ0n) is 20.6. The number of anilines is 3. The topological polar surface area (TPSA) is 247 Å². The van der Waals surface area contributed by atoms with Gasteiger partial charge >= 0.3 is 0 Å². The van der Waals surface area contributed by atoms with Crippen LogP contribution in [0.2, 0.25) is 5.02 Å². The molecule has 4 aromatic rings. The van der Waals surface area contributed by atoms with Gasteiger partial charge in [0.1, 0.15) is 9.79 Å². The summed E-state index contributed by atoms with van der Waals surface area (Å²) in [6.07, 6.45) is 0. The summed E-state index contributed by atoms with van der Waals surface area (Å²) < 4.78 is 101. The Balaban J connectivity index is 1.83. The number of benzene rings is 4. The molecule has 4 rings (SSSR count). The van der Waals surface area contributed by atoms with E-state index < -0.39 is 73.3 Å². The van der Waals surface area contributed by atoms with Crippen molar-refractivity contribution in [3.05, 3.63) is 82.9 Å². The lowest BCUT2D eigenvalue weighted by Gasteiger charge is -2.15. The average molecular weight is 656 g/mol. The van der Waals surface area contributed by atoms with Crippen LogP contribution < -0.4 is 16.4 Å². The second kappa shape index (κ2) is 11.0. The van der Waals surface area contributed by atoms with E-state index in [1.807, 2.05) is 0 Å². The Morgan fingerprint density at radius 2 is 1.26 bits per heavy atom. The average Bonchev–Trinajstić information content (AvgIpc) is 2.87. The molecule has 2 amide bonds. The minimum absolute atomic E-state index is 0.000241. The standard InChI is InChI=1S/C24H18ClN3O11S3/c25-17-5-4-13(9-19(17)28-23(29)12-2-1-3-14(26)8-12)24(30)27-18-6-7-20(41(34,35)36)16-10-15(40(31,32)33)11-21(22(16)18)42(37,38)39/h1-11H,26H2,(H,27,30)(H,28,29)(H,31,32,33)(H,34,35,36)(H,37,38,39). The number of rotatable bonds is 7. The molecular weight excluding hydrogens is 638 g/mol. The number of hydrogen-bond acceptors (Lipinski definition) is 9. The molecule has 0 bridgehead atoms. The van der Waals surface area contributed by atoms with Crippen LogP contribution >= 0.6 is 11.6 Å². The summed E-state index contributed by atoms with van der Waals surface area (Å²) in [5, 5.41) is 3.39. The van der Waals surface area contributed by atoms with Gasteiger partial charge in [0.25, 0.3) is 42.2 Å². The lowest BCUT2D eigenvalue weighted by atomic mass is 10.1. The molecule has 0 aliphatic rings. The van der Waals surface area contributed by atoms with Crippen LogP contribution in [0.25, 0.3) is 10.8 Å². The number of halogens is 1. The van der Waals surface area contributed by atoms with E-state index in [4.69, 9.17) is 17.3 Å². The summed E-state index contributed by atoms with van der Waals surface area (Å²) in [5.41, 5.74) is 5.62. The highest BCUT2D eigenvalue weighted by Gasteiger charge is 2.27. The van der Waals surface area contributed by atoms with Crippen LogP contribution in [0.4, 0.5) is 17.1 Å². The molecule has 42 heavy (non-hydrogen) atoms. The van der Waals surface area contributed by atoms with Crippen LogP contribution in [0, 0.1) is 0 Å². The van der Waals surface area contributed by atoms with Crippen molar-refractivity contribution in [2.45, 2.75) is 14.7 Å². The number of nitrogen functional groups attached to an aromatic ring is 1. The highest BCUT2D eigenvalue weighted by molar-refractivity contribution is 7.87. The monoisotopic (exact) mass is 655 g/mol. The van der Waals surface area contributed by atoms with Gasteiger partial charge in [-0.1, -0.05) is 17.7 Å². The molecule has 7 N–H and O–H groups in total. The van der Waals surface area contributed by atoms with E-state index in [9.17, 15) is 48.5 Å². The molecule has 0 heterocycles.